The van der Waals surface area contributed by atoms with Crippen LogP contribution in [-0.4, -0.2) is 49.4 Å². The molecule has 2 N–H and O–H groups in total. The van der Waals surface area contributed by atoms with E-state index in [1.807, 2.05) is 37.3 Å². The van der Waals surface area contributed by atoms with Gasteiger partial charge >= 0.3 is 0 Å². The molecule has 2 aliphatic heterocycles. The van der Waals surface area contributed by atoms with Gasteiger partial charge in [0.2, 0.25) is 5.88 Å². The van der Waals surface area contributed by atoms with E-state index >= 15 is 0 Å². The molecular formula is C33H43N3O4. The van der Waals surface area contributed by atoms with E-state index in [0.717, 1.165) is 57.4 Å². The van der Waals surface area contributed by atoms with Crippen LogP contribution in [0.15, 0.2) is 48.7 Å². The van der Waals surface area contributed by atoms with E-state index in [1.54, 1.807) is 20.4 Å². The Bertz CT molecular complexity index is 1320. The molecule has 0 saturated carbocycles. The minimum absolute atomic E-state index is 0.106. The molecule has 2 aromatic carbocycles. The minimum Gasteiger partial charge on any atom is -0.497 e. The largest absolute Gasteiger partial charge is 0.497 e. The fourth-order valence-electron chi connectivity index (χ4n) is 5.25. The van der Waals surface area contributed by atoms with Gasteiger partial charge in [-0.3, -0.25) is 4.79 Å². The van der Waals surface area contributed by atoms with Gasteiger partial charge in [0.1, 0.15) is 11.5 Å². The molecule has 3 heterocycles. The van der Waals surface area contributed by atoms with Gasteiger partial charge in [0.25, 0.3) is 0 Å². The number of nitrogens with zero attached hydrogens (tertiary/aromatic N) is 1. The summed E-state index contributed by atoms with van der Waals surface area (Å²) in [4.78, 5) is 13.8. The maximum Gasteiger partial charge on any atom is 0.216 e. The summed E-state index contributed by atoms with van der Waals surface area (Å²) in [5, 5.41) is 10.3. The number of benzene rings is 2. The highest BCUT2D eigenvalue weighted by Gasteiger charge is 2.30. The number of aromatic amines is 1. The fraction of sp³-hybridized carbons (Fsp3) is 0.455. The lowest BCUT2D eigenvalue weighted by Gasteiger charge is -2.26. The number of hydrogen-bond acceptors (Lipinski definition) is 6. The van der Waals surface area contributed by atoms with Crippen LogP contribution < -0.4 is 19.5 Å². The molecule has 3 atom stereocenters. The van der Waals surface area contributed by atoms with Crippen LogP contribution in [0.5, 0.6) is 17.4 Å². The minimum atomic E-state index is -0.246. The first-order chi connectivity index (χ1) is 19.4. The van der Waals surface area contributed by atoms with Gasteiger partial charge in [-0.1, -0.05) is 45.0 Å². The lowest BCUT2D eigenvalue weighted by Crippen LogP contribution is -2.41. The molecule has 7 heteroatoms. The molecule has 7 nitrogen and oxygen atoms in total. The van der Waals surface area contributed by atoms with E-state index in [9.17, 15) is 4.79 Å². The smallest absolute Gasteiger partial charge is 0.216 e. The highest BCUT2D eigenvalue weighted by Crippen LogP contribution is 2.38. The number of H-pyrrole nitrogens is 1. The predicted octanol–water partition coefficient (Wildman–Crippen LogP) is 6.59. The van der Waals surface area contributed by atoms with Crippen molar-refractivity contribution in [1.82, 2.24) is 15.5 Å². The van der Waals surface area contributed by atoms with Crippen molar-refractivity contribution < 1.29 is 19.0 Å². The summed E-state index contributed by atoms with van der Waals surface area (Å²) in [6, 6.07) is 12.9. The molecule has 0 spiro atoms. The monoisotopic (exact) mass is 545 g/mol. The Balaban J connectivity index is 0.000000546. The second-order valence-electron chi connectivity index (χ2n) is 10.5. The lowest BCUT2D eigenvalue weighted by molar-refractivity contribution is -0.118. The van der Waals surface area contributed by atoms with Crippen molar-refractivity contribution in [2.24, 2.45) is 5.92 Å². The molecule has 1 saturated heterocycles. The van der Waals surface area contributed by atoms with Gasteiger partial charge in [-0.15, -0.1) is 0 Å². The molecule has 2 aliphatic rings. The average Bonchev–Trinajstić information content (AvgIpc) is 3.45. The van der Waals surface area contributed by atoms with Crippen LogP contribution >= 0.6 is 0 Å². The van der Waals surface area contributed by atoms with Crippen molar-refractivity contribution in [3.8, 4) is 28.5 Å². The first-order valence-electron chi connectivity index (χ1n) is 14.4. The lowest BCUT2D eigenvalue weighted by atomic mass is 9.82. The number of Topliss-reactive ketones (excluding diaryl/α,β-unsaturated/α-hetero) is 1. The number of nitrogens with one attached hydrogen (secondary N) is 2. The van der Waals surface area contributed by atoms with Gasteiger partial charge < -0.3 is 19.5 Å². The quantitative estimate of drug-likeness (QED) is 0.295. The maximum absolute atomic E-state index is 13.8. The van der Waals surface area contributed by atoms with Crippen molar-refractivity contribution in [2.45, 2.75) is 65.3 Å². The summed E-state index contributed by atoms with van der Waals surface area (Å²) >= 11 is 0. The Morgan fingerprint density at radius 2 is 1.98 bits per heavy atom. The van der Waals surface area contributed by atoms with Crippen LogP contribution in [0.2, 0.25) is 0 Å². The van der Waals surface area contributed by atoms with E-state index in [4.69, 9.17) is 14.2 Å². The molecule has 0 radical (unpaired) electrons. The van der Waals surface area contributed by atoms with Gasteiger partial charge in [-0.25, -0.2) is 5.10 Å². The van der Waals surface area contributed by atoms with E-state index in [-0.39, 0.29) is 17.6 Å². The predicted molar refractivity (Wildman–Crippen MR) is 160 cm³/mol. The zero-order valence-electron chi connectivity index (χ0n) is 24.7. The highest BCUT2D eigenvalue weighted by atomic mass is 16.5. The van der Waals surface area contributed by atoms with Crippen molar-refractivity contribution in [2.75, 3.05) is 27.4 Å². The Morgan fingerprint density at radius 3 is 2.58 bits per heavy atom. The summed E-state index contributed by atoms with van der Waals surface area (Å²) in [7, 11) is 3.27. The second kappa shape index (κ2) is 13.7. The SMILES string of the molecule is C/C=C(/C(=O)C1COc2ccc(OC)cc2C1)c1ccc(-c2cn[nH]c2OC)cc1C(C)CC.CCC1CCN1. The molecule has 1 aromatic heterocycles. The molecule has 1 fully saturated rings. The molecule has 3 unspecified atom stereocenters. The Morgan fingerprint density at radius 1 is 1.18 bits per heavy atom. The molecule has 0 aliphatic carbocycles. The van der Waals surface area contributed by atoms with Crippen LogP contribution in [0.25, 0.3) is 16.7 Å². The van der Waals surface area contributed by atoms with Crippen LogP contribution in [0.3, 0.4) is 0 Å². The third-order valence-electron chi connectivity index (χ3n) is 8.12. The first-order valence-corrected chi connectivity index (χ1v) is 14.4. The van der Waals surface area contributed by atoms with E-state index < -0.39 is 0 Å². The van der Waals surface area contributed by atoms with Crippen LogP contribution in [0.4, 0.5) is 0 Å². The summed E-state index contributed by atoms with van der Waals surface area (Å²) in [5.41, 5.74) is 5.77. The summed E-state index contributed by atoms with van der Waals surface area (Å²) in [5.74, 6) is 2.36. The zero-order chi connectivity index (χ0) is 28.6. The molecular weight excluding hydrogens is 502 g/mol. The molecule has 0 bridgehead atoms. The molecule has 3 aromatic rings. The van der Waals surface area contributed by atoms with Gasteiger partial charge in [-0.05, 0) is 85.5 Å². The number of carbonyl (C=O) groups excluding carboxylic acids is 1. The third kappa shape index (κ3) is 6.41. The van der Waals surface area contributed by atoms with Crippen molar-refractivity contribution in [1.29, 1.82) is 0 Å². The number of carbonyl (C=O) groups is 1. The topological polar surface area (TPSA) is 85.5 Å². The normalized spacial score (nSPS) is 18.8. The number of allylic oxidation sites excluding steroid dienone is 2. The fourth-order valence-corrected chi connectivity index (χ4v) is 5.25. The van der Waals surface area contributed by atoms with Crippen LogP contribution in [-0.2, 0) is 11.2 Å². The van der Waals surface area contributed by atoms with Crippen molar-refractivity contribution in [3.05, 3.63) is 65.4 Å². The highest BCUT2D eigenvalue weighted by molar-refractivity contribution is 6.22. The Hall–Kier alpha value is -3.58. The number of ether oxygens (including phenoxy) is 3. The maximum atomic E-state index is 13.8. The van der Waals surface area contributed by atoms with Gasteiger partial charge in [0, 0.05) is 11.6 Å². The van der Waals surface area contributed by atoms with E-state index in [2.05, 4.69) is 48.4 Å². The number of ketones is 1. The van der Waals surface area contributed by atoms with Crippen molar-refractivity contribution >= 4 is 11.4 Å². The number of aromatic nitrogens is 2. The number of rotatable bonds is 9. The van der Waals surface area contributed by atoms with Gasteiger partial charge in [0.05, 0.1) is 38.5 Å². The third-order valence-corrected chi connectivity index (χ3v) is 8.12. The number of hydrogen-bond donors (Lipinski definition) is 2. The number of fused-ring (bicyclic) bond motifs is 1. The summed E-state index contributed by atoms with van der Waals surface area (Å²) in [6.45, 7) is 10.1. The standard InChI is InChI=1S/C28H32N2O4.C5H11N/c1-6-17(3)24-14-18(25-15-29-30-28(25)33-5)8-10-23(24)22(7-2)27(31)20-12-19-13-21(32-4)9-11-26(19)34-16-20;1-2-5-3-4-6-5/h7-11,13-15,17,20H,6,12,16H2,1-5H3,(H,29,30);5-6H,2-4H2,1H3/b22-7+;. The molecule has 0 amide bonds. The summed E-state index contributed by atoms with van der Waals surface area (Å²) in [6.07, 6.45) is 8.00. The average molecular weight is 546 g/mol. The van der Waals surface area contributed by atoms with Gasteiger partial charge in [-0.2, -0.15) is 5.10 Å². The van der Waals surface area contributed by atoms with Crippen LogP contribution in [0, 0.1) is 5.92 Å². The Kier molecular flexibility index (Phi) is 10.0. The first kappa shape index (κ1) is 29.4. The zero-order valence-corrected chi connectivity index (χ0v) is 24.7. The molecule has 5 rings (SSSR count). The van der Waals surface area contributed by atoms with Gasteiger partial charge in [0.15, 0.2) is 5.78 Å². The Labute approximate surface area is 238 Å². The van der Waals surface area contributed by atoms with Crippen LogP contribution in [0.1, 0.15) is 69.6 Å². The molecule has 214 valence electrons. The second-order valence-corrected chi connectivity index (χ2v) is 10.5. The summed E-state index contributed by atoms with van der Waals surface area (Å²) < 4.78 is 16.7. The molecule has 40 heavy (non-hydrogen) atoms. The number of methoxy groups -OCH3 is 2. The van der Waals surface area contributed by atoms with E-state index in [0.29, 0.717) is 18.9 Å². The van der Waals surface area contributed by atoms with E-state index in [1.165, 1.54) is 19.4 Å². The van der Waals surface area contributed by atoms with Crippen molar-refractivity contribution in [3.63, 3.8) is 0 Å².